The Labute approximate surface area is 129 Å². The molecule has 1 aliphatic heterocycles. The number of aryl methyl sites for hydroxylation is 1. The van der Waals surface area contributed by atoms with Crippen molar-refractivity contribution < 1.29 is 29.3 Å². The number of nitrogens with zero attached hydrogens (tertiary/aromatic N) is 1. The van der Waals surface area contributed by atoms with Crippen LogP contribution in [-0.4, -0.2) is 46.3 Å². The zero-order valence-corrected chi connectivity index (χ0v) is 12.4. The lowest BCUT2D eigenvalue weighted by molar-refractivity contribution is -0.156. The molecular weight excluding hydrogens is 310 g/mol. The number of hydrogen-bond acceptors (Lipinski definition) is 7. The molecule has 10 nitrogen and oxygen atoms in total. The summed E-state index contributed by atoms with van der Waals surface area (Å²) in [4.78, 5) is 47.5. The van der Waals surface area contributed by atoms with Crippen molar-refractivity contribution in [2.24, 2.45) is 0 Å². The maximum atomic E-state index is 12.5. The number of hydrogen-bond donors (Lipinski definition) is 4. The molecule has 0 radical (unpaired) electrons. The second-order valence-electron chi connectivity index (χ2n) is 4.94. The number of urea groups is 1. The minimum Gasteiger partial charge on any atom is -0.507 e. The van der Waals surface area contributed by atoms with E-state index in [2.05, 4.69) is 0 Å². The number of carbonyl (C=O) groups excluding carboxylic acids is 3. The highest BCUT2D eigenvalue weighted by Gasteiger charge is 2.54. The lowest BCUT2D eigenvalue weighted by Gasteiger charge is -2.29. The Morgan fingerprint density at radius 3 is 2.30 bits per heavy atom. The van der Waals surface area contributed by atoms with Crippen LogP contribution in [0.3, 0.4) is 0 Å². The molecule has 4 amide bonds. The fourth-order valence-electron chi connectivity index (χ4n) is 2.30. The van der Waals surface area contributed by atoms with Gasteiger partial charge in [0.1, 0.15) is 11.3 Å². The quantitative estimate of drug-likeness (QED) is 0.471. The Morgan fingerprint density at radius 1 is 1.22 bits per heavy atom. The van der Waals surface area contributed by atoms with Crippen molar-refractivity contribution in [3.8, 4) is 5.75 Å². The summed E-state index contributed by atoms with van der Waals surface area (Å²) >= 11 is 0. The fourth-order valence-corrected chi connectivity index (χ4v) is 2.30. The lowest BCUT2D eigenvalue weighted by Crippen LogP contribution is -2.66. The van der Waals surface area contributed by atoms with Crippen LogP contribution in [0.15, 0.2) is 10.9 Å². The second-order valence-corrected chi connectivity index (χ2v) is 4.94. The molecule has 1 fully saturated rings. The topological polar surface area (TPSA) is 147 Å². The second kappa shape index (κ2) is 5.82. The van der Waals surface area contributed by atoms with Crippen LogP contribution in [0.25, 0.3) is 0 Å². The number of imide groups is 2. The summed E-state index contributed by atoms with van der Waals surface area (Å²) in [6.07, 6.45) is 0. The van der Waals surface area contributed by atoms with E-state index < -0.39 is 40.3 Å². The molecule has 0 atom stereocenters. The molecule has 0 saturated carbocycles. The Hall–Kier alpha value is -2.72. The van der Waals surface area contributed by atoms with Gasteiger partial charge in [-0.1, -0.05) is 0 Å². The van der Waals surface area contributed by atoms with Crippen LogP contribution in [-0.2, 0) is 26.5 Å². The SMILES string of the molecule is COCCn1c(C)cc(O)c(C2(O)C(=O)NC(=O)NC2=O)c1=O. The van der Waals surface area contributed by atoms with Crippen molar-refractivity contribution in [2.75, 3.05) is 13.7 Å². The third kappa shape index (κ3) is 2.58. The Bertz CT molecular complexity index is 733. The summed E-state index contributed by atoms with van der Waals surface area (Å²) in [5, 5.41) is 23.8. The first-order valence-corrected chi connectivity index (χ1v) is 6.55. The van der Waals surface area contributed by atoms with Gasteiger partial charge in [0.05, 0.1) is 6.61 Å². The van der Waals surface area contributed by atoms with E-state index in [0.29, 0.717) is 5.69 Å². The van der Waals surface area contributed by atoms with Crippen LogP contribution < -0.4 is 16.2 Å². The number of methoxy groups -OCH3 is 1. The average molecular weight is 325 g/mol. The molecule has 0 aromatic carbocycles. The number of rotatable bonds is 4. The maximum Gasteiger partial charge on any atom is 0.328 e. The van der Waals surface area contributed by atoms with Crippen LogP contribution in [0.5, 0.6) is 5.75 Å². The van der Waals surface area contributed by atoms with E-state index in [4.69, 9.17) is 4.74 Å². The van der Waals surface area contributed by atoms with Crippen molar-refractivity contribution >= 4 is 17.8 Å². The first-order valence-electron chi connectivity index (χ1n) is 6.55. The van der Waals surface area contributed by atoms with Crippen LogP contribution in [0, 0.1) is 6.92 Å². The summed E-state index contributed by atoms with van der Waals surface area (Å²) < 4.78 is 6.00. The van der Waals surface area contributed by atoms with Crippen molar-refractivity contribution in [3.05, 3.63) is 27.7 Å². The highest BCUT2D eigenvalue weighted by atomic mass is 16.5. The lowest BCUT2D eigenvalue weighted by atomic mass is 9.90. The third-order valence-corrected chi connectivity index (χ3v) is 3.48. The third-order valence-electron chi connectivity index (χ3n) is 3.48. The van der Waals surface area contributed by atoms with E-state index in [1.54, 1.807) is 10.6 Å². The minimum atomic E-state index is -3.02. The zero-order chi connectivity index (χ0) is 17.4. The molecule has 2 heterocycles. The van der Waals surface area contributed by atoms with Gasteiger partial charge in [0.2, 0.25) is 0 Å². The standard InChI is InChI=1S/C13H15N3O7/c1-6-5-7(17)8(9(18)16(6)3-4-23-2)13(22)10(19)14-12(21)15-11(13)20/h5,17,22H,3-4H2,1-2H3,(H2,14,15,19,20,21). The smallest absolute Gasteiger partial charge is 0.328 e. The maximum absolute atomic E-state index is 12.5. The van der Waals surface area contributed by atoms with Gasteiger partial charge in [0.25, 0.3) is 23.0 Å². The van der Waals surface area contributed by atoms with Crippen molar-refractivity contribution in [3.63, 3.8) is 0 Å². The Morgan fingerprint density at radius 2 is 1.78 bits per heavy atom. The molecular formula is C13H15N3O7. The number of barbiturate groups is 1. The Kier molecular flexibility index (Phi) is 4.21. The molecule has 0 bridgehead atoms. The number of carbonyl (C=O) groups is 3. The highest BCUT2D eigenvalue weighted by Crippen LogP contribution is 2.29. The van der Waals surface area contributed by atoms with Gasteiger partial charge in [-0.25, -0.2) is 4.79 Å². The minimum absolute atomic E-state index is 0.0761. The van der Waals surface area contributed by atoms with Crippen molar-refractivity contribution in [1.82, 2.24) is 15.2 Å². The molecule has 1 aromatic rings. The largest absolute Gasteiger partial charge is 0.507 e. The molecule has 10 heteroatoms. The molecule has 1 aliphatic rings. The first-order chi connectivity index (χ1) is 10.7. The number of ether oxygens (including phenoxy) is 1. The number of aromatic nitrogens is 1. The van der Waals surface area contributed by atoms with Crippen LogP contribution >= 0.6 is 0 Å². The number of nitrogens with one attached hydrogen (secondary N) is 2. The van der Waals surface area contributed by atoms with E-state index >= 15 is 0 Å². The van der Waals surface area contributed by atoms with E-state index in [1.807, 2.05) is 0 Å². The van der Waals surface area contributed by atoms with E-state index in [9.17, 15) is 29.4 Å². The normalized spacial score (nSPS) is 16.9. The first kappa shape index (κ1) is 16.6. The van der Waals surface area contributed by atoms with Crippen molar-refractivity contribution in [1.29, 1.82) is 0 Å². The molecule has 0 aliphatic carbocycles. The van der Waals surface area contributed by atoms with Gasteiger partial charge in [-0.15, -0.1) is 0 Å². The summed E-state index contributed by atoms with van der Waals surface area (Å²) in [6, 6.07) is -0.00238. The van der Waals surface area contributed by atoms with Crippen LogP contribution in [0.2, 0.25) is 0 Å². The van der Waals surface area contributed by atoms with Gasteiger partial charge in [0, 0.05) is 19.3 Å². The number of aromatic hydroxyl groups is 1. The number of aliphatic hydroxyl groups is 1. The molecule has 124 valence electrons. The zero-order valence-electron chi connectivity index (χ0n) is 12.4. The molecule has 23 heavy (non-hydrogen) atoms. The predicted octanol–water partition coefficient (Wildman–Crippen LogP) is -1.94. The molecule has 1 saturated heterocycles. The predicted molar refractivity (Wildman–Crippen MR) is 74.6 cm³/mol. The molecule has 0 spiro atoms. The van der Waals surface area contributed by atoms with Crippen LogP contribution in [0.4, 0.5) is 4.79 Å². The summed E-state index contributed by atoms with van der Waals surface area (Å²) in [5.41, 5.74) is -4.45. The van der Waals surface area contributed by atoms with Gasteiger partial charge in [-0.3, -0.25) is 25.0 Å². The summed E-state index contributed by atoms with van der Waals surface area (Å²) in [5.74, 6) is -3.56. The van der Waals surface area contributed by atoms with Gasteiger partial charge in [0.15, 0.2) is 0 Å². The molecule has 1 aromatic heterocycles. The van der Waals surface area contributed by atoms with E-state index in [-0.39, 0.29) is 13.2 Å². The average Bonchev–Trinajstić information content (AvgIpc) is 2.44. The van der Waals surface area contributed by atoms with E-state index in [1.165, 1.54) is 14.0 Å². The van der Waals surface area contributed by atoms with Gasteiger partial charge in [-0.2, -0.15) is 0 Å². The molecule has 0 unspecified atom stereocenters. The number of amides is 4. The van der Waals surface area contributed by atoms with Gasteiger partial charge < -0.3 is 19.5 Å². The molecule has 4 N–H and O–H groups in total. The summed E-state index contributed by atoms with van der Waals surface area (Å²) in [7, 11) is 1.42. The highest BCUT2D eigenvalue weighted by molar-refractivity contribution is 6.21. The van der Waals surface area contributed by atoms with Gasteiger partial charge in [-0.05, 0) is 13.0 Å². The van der Waals surface area contributed by atoms with Crippen LogP contribution in [0.1, 0.15) is 11.3 Å². The monoisotopic (exact) mass is 325 g/mol. The van der Waals surface area contributed by atoms with Crippen molar-refractivity contribution in [2.45, 2.75) is 19.1 Å². The Balaban J connectivity index is 2.67. The summed E-state index contributed by atoms with van der Waals surface area (Å²) in [6.45, 7) is 1.75. The molecule has 2 rings (SSSR count). The fraction of sp³-hybridized carbons (Fsp3) is 0.385. The number of pyridine rings is 1. The van der Waals surface area contributed by atoms with E-state index in [0.717, 1.165) is 10.6 Å². The van der Waals surface area contributed by atoms with Gasteiger partial charge >= 0.3 is 6.03 Å².